The molecule has 1 atom stereocenters. The van der Waals surface area contributed by atoms with Crippen LogP contribution in [-0.2, 0) is 14.3 Å². The van der Waals surface area contributed by atoms with Crippen LogP contribution in [0.2, 0.25) is 0 Å². The van der Waals surface area contributed by atoms with Crippen LogP contribution in [0.5, 0.6) is 0 Å². The van der Waals surface area contributed by atoms with E-state index in [1.807, 2.05) is 24.3 Å². The van der Waals surface area contributed by atoms with Gasteiger partial charge in [-0.2, -0.15) is 0 Å². The molecule has 0 saturated carbocycles. The van der Waals surface area contributed by atoms with Crippen molar-refractivity contribution in [3.63, 3.8) is 0 Å². The van der Waals surface area contributed by atoms with Crippen molar-refractivity contribution in [3.05, 3.63) is 53.8 Å². The predicted molar refractivity (Wildman–Crippen MR) is 112 cm³/mol. The molecule has 2 amide bonds. The molecule has 2 heterocycles. The molecule has 0 unspecified atom stereocenters. The summed E-state index contributed by atoms with van der Waals surface area (Å²) in [5, 5.41) is 2.58. The van der Waals surface area contributed by atoms with Gasteiger partial charge in [0.05, 0.1) is 23.1 Å². The lowest BCUT2D eigenvalue weighted by Gasteiger charge is -2.16. The SMILES string of the molecule is COCCCN1C(=O)[C@@H](CC(=O)Nc2ccc(C)cc2F)n2c1nc1ccccc12. The van der Waals surface area contributed by atoms with Gasteiger partial charge < -0.3 is 10.1 Å². The first kappa shape index (κ1) is 20.0. The smallest absolute Gasteiger partial charge is 0.253 e. The number of nitrogens with one attached hydrogen (secondary N) is 1. The zero-order valence-electron chi connectivity index (χ0n) is 16.9. The van der Waals surface area contributed by atoms with Crippen LogP contribution < -0.4 is 10.2 Å². The number of nitrogens with zero attached hydrogens (tertiary/aromatic N) is 3. The molecule has 156 valence electrons. The number of hydrogen-bond acceptors (Lipinski definition) is 4. The highest BCUT2D eigenvalue weighted by Gasteiger charge is 2.40. The number of fused-ring (bicyclic) bond motifs is 3. The summed E-state index contributed by atoms with van der Waals surface area (Å²) in [6, 6.07) is 11.4. The molecular weight excluding hydrogens is 387 g/mol. The number of para-hydroxylation sites is 2. The van der Waals surface area contributed by atoms with E-state index in [1.54, 1.807) is 29.6 Å². The summed E-state index contributed by atoms with van der Waals surface area (Å²) in [7, 11) is 1.61. The van der Waals surface area contributed by atoms with E-state index in [2.05, 4.69) is 10.3 Å². The Hall–Kier alpha value is -3.26. The molecular formula is C22H23FN4O3. The maximum absolute atomic E-state index is 14.1. The Morgan fingerprint density at radius 3 is 2.83 bits per heavy atom. The highest BCUT2D eigenvalue weighted by atomic mass is 19.1. The van der Waals surface area contributed by atoms with Crippen molar-refractivity contribution >= 4 is 34.5 Å². The van der Waals surface area contributed by atoms with Gasteiger partial charge in [-0.3, -0.25) is 19.1 Å². The maximum atomic E-state index is 14.1. The Morgan fingerprint density at radius 1 is 1.27 bits per heavy atom. The number of amides is 2. The number of rotatable bonds is 7. The molecule has 1 aliphatic heterocycles. The second kappa shape index (κ2) is 8.23. The summed E-state index contributed by atoms with van der Waals surface area (Å²) in [6.45, 7) is 2.73. The lowest BCUT2D eigenvalue weighted by Crippen LogP contribution is -2.32. The first-order valence-electron chi connectivity index (χ1n) is 9.83. The van der Waals surface area contributed by atoms with Crippen molar-refractivity contribution in [2.24, 2.45) is 0 Å². The van der Waals surface area contributed by atoms with Crippen LogP contribution in [0.3, 0.4) is 0 Å². The lowest BCUT2D eigenvalue weighted by molar-refractivity contribution is -0.124. The minimum Gasteiger partial charge on any atom is -0.385 e. The van der Waals surface area contributed by atoms with Gasteiger partial charge >= 0.3 is 0 Å². The molecule has 3 aromatic rings. The van der Waals surface area contributed by atoms with Crippen LogP contribution in [0.25, 0.3) is 11.0 Å². The highest BCUT2D eigenvalue weighted by Crippen LogP contribution is 2.36. The number of benzene rings is 2. The minimum atomic E-state index is -0.733. The molecule has 7 nitrogen and oxygen atoms in total. The fraction of sp³-hybridized carbons (Fsp3) is 0.318. The third kappa shape index (κ3) is 3.66. The van der Waals surface area contributed by atoms with Crippen LogP contribution in [0.15, 0.2) is 42.5 Å². The molecule has 0 spiro atoms. The Balaban J connectivity index is 1.61. The van der Waals surface area contributed by atoms with E-state index in [4.69, 9.17) is 4.74 Å². The van der Waals surface area contributed by atoms with Gasteiger partial charge in [0.25, 0.3) is 5.91 Å². The zero-order chi connectivity index (χ0) is 21.3. The van der Waals surface area contributed by atoms with Crippen molar-refractivity contribution in [1.29, 1.82) is 0 Å². The lowest BCUT2D eigenvalue weighted by atomic mass is 10.1. The van der Waals surface area contributed by atoms with E-state index in [0.29, 0.717) is 25.5 Å². The number of anilines is 2. The number of carbonyl (C=O) groups is 2. The van der Waals surface area contributed by atoms with Crippen LogP contribution >= 0.6 is 0 Å². The molecule has 1 aromatic heterocycles. The number of imidazole rings is 1. The monoisotopic (exact) mass is 410 g/mol. The van der Waals surface area contributed by atoms with Crippen molar-refractivity contribution < 1.29 is 18.7 Å². The van der Waals surface area contributed by atoms with Crippen LogP contribution in [0.1, 0.15) is 24.4 Å². The third-order valence-corrected chi connectivity index (χ3v) is 5.19. The van der Waals surface area contributed by atoms with E-state index < -0.39 is 17.8 Å². The number of halogens is 1. The highest BCUT2D eigenvalue weighted by molar-refractivity contribution is 6.05. The summed E-state index contributed by atoms with van der Waals surface area (Å²) in [4.78, 5) is 32.0. The number of aryl methyl sites for hydroxylation is 1. The summed E-state index contributed by atoms with van der Waals surface area (Å²) in [5.74, 6) is -0.606. The quantitative estimate of drug-likeness (QED) is 0.606. The Kier molecular flexibility index (Phi) is 5.50. The van der Waals surface area contributed by atoms with E-state index in [-0.39, 0.29) is 18.0 Å². The molecule has 0 bridgehead atoms. The van der Waals surface area contributed by atoms with Gasteiger partial charge in [-0.15, -0.1) is 0 Å². The van der Waals surface area contributed by atoms with Gasteiger partial charge in [-0.25, -0.2) is 9.37 Å². The predicted octanol–water partition coefficient (Wildman–Crippen LogP) is 3.44. The van der Waals surface area contributed by atoms with Crippen LogP contribution in [0, 0.1) is 12.7 Å². The molecule has 0 radical (unpaired) electrons. The summed E-state index contributed by atoms with van der Waals surface area (Å²) in [6.07, 6.45) is 0.541. The normalized spacial score (nSPS) is 15.6. The molecule has 30 heavy (non-hydrogen) atoms. The maximum Gasteiger partial charge on any atom is 0.253 e. The zero-order valence-corrected chi connectivity index (χ0v) is 16.9. The summed E-state index contributed by atoms with van der Waals surface area (Å²) >= 11 is 0. The van der Waals surface area contributed by atoms with Gasteiger partial charge in [-0.1, -0.05) is 18.2 Å². The Bertz CT molecular complexity index is 1110. The van der Waals surface area contributed by atoms with Crippen molar-refractivity contribution in [3.8, 4) is 0 Å². The molecule has 8 heteroatoms. The van der Waals surface area contributed by atoms with E-state index in [9.17, 15) is 14.0 Å². The second-order valence-electron chi connectivity index (χ2n) is 7.36. The van der Waals surface area contributed by atoms with Crippen molar-refractivity contribution in [2.75, 3.05) is 30.5 Å². The first-order valence-corrected chi connectivity index (χ1v) is 9.83. The van der Waals surface area contributed by atoms with Crippen LogP contribution in [0.4, 0.5) is 16.0 Å². The van der Waals surface area contributed by atoms with E-state index >= 15 is 0 Å². The molecule has 1 N–H and O–H groups in total. The number of carbonyl (C=O) groups excluding carboxylic acids is 2. The minimum absolute atomic E-state index is 0.101. The molecule has 0 aliphatic carbocycles. The third-order valence-electron chi connectivity index (χ3n) is 5.19. The molecule has 2 aromatic carbocycles. The van der Waals surface area contributed by atoms with Gasteiger partial charge in [0.15, 0.2) is 0 Å². The summed E-state index contributed by atoms with van der Waals surface area (Å²) < 4.78 is 21.0. The average molecular weight is 410 g/mol. The standard InChI is InChI=1S/C22H23FN4O3/c1-14-8-9-16(15(23)12-14)24-20(28)13-19-21(29)26(10-5-11-30-2)22-25-17-6-3-4-7-18(17)27(19)22/h3-4,6-9,12,19H,5,10-11,13H2,1-2H3,(H,24,28)/t19-/m1/s1. The second-order valence-corrected chi connectivity index (χ2v) is 7.36. The van der Waals surface area contributed by atoms with Crippen molar-refractivity contribution in [1.82, 2.24) is 9.55 Å². The fourth-order valence-electron chi connectivity index (χ4n) is 3.77. The molecule has 4 rings (SSSR count). The van der Waals surface area contributed by atoms with Gasteiger partial charge in [0.1, 0.15) is 11.9 Å². The topological polar surface area (TPSA) is 76.5 Å². The molecule has 1 aliphatic rings. The Labute approximate surface area is 173 Å². The van der Waals surface area contributed by atoms with Gasteiger partial charge in [0, 0.05) is 20.3 Å². The fourth-order valence-corrected chi connectivity index (χ4v) is 3.77. The largest absolute Gasteiger partial charge is 0.385 e. The van der Waals surface area contributed by atoms with E-state index in [0.717, 1.165) is 16.6 Å². The first-order chi connectivity index (χ1) is 14.5. The van der Waals surface area contributed by atoms with Crippen molar-refractivity contribution in [2.45, 2.75) is 25.8 Å². The number of ether oxygens (including phenoxy) is 1. The van der Waals surface area contributed by atoms with Gasteiger partial charge in [0.2, 0.25) is 11.9 Å². The number of aromatic nitrogens is 2. The van der Waals surface area contributed by atoms with Gasteiger partial charge in [-0.05, 0) is 43.2 Å². The Morgan fingerprint density at radius 2 is 2.07 bits per heavy atom. The average Bonchev–Trinajstić information content (AvgIpc) is 3.20. The van der Waals surface area contributed by atoms with E-state index in [1.165, 1.54) is 12.1 Å². The molecule has 0 fully saturated rings. The molecule has 0 saturated heterocycles. The number of hydrogen-bond donors (Lipinski definition) is 1. The van der Waals surface area contributed by atoms with Crippen LogP contribution in [-0.4, -0.2) is 41.6 Å². The number of methoxy groups -OCH3 is 1. The summed E-state index contributed by atoms with van der Waals surface area (Å²) in [5.41, 5.74) is 2.41.